The number of aryl methyl sites for hydroxylation is 1. The third-order valence-corrected chi connectivity index (χ3v) is 5.29. The van der Waals surface area contributed by atoms with Gasteiger partial charge in [-0.05, 0) is 27.7 Å². The van der Waals surface area contributed by atoms with Crippen LogP contribution in [0.2, 0.25) is 0 Å². The summed E-state index contributed by atoms with van der Waals surface area (Å²) < 4.78 is 16.6. The van der Waals surface area contributed by atoms with E-state index in [2.05, 4.69) is 10.3 Å². The number of carbonyl (C=O) groups is 2. The van der Waals surface area contributed by atoms with E-state index in [-0.39, 0.29) is 5.91 Å². The van der Waals surface area contributed by atoms with Crippen LogP contribution in [0.4, 0.5) is 9.93 Å². The zero-order chi connectivity index (χ0) is 18.9. The first kappa shape index (κ1) is 19.1. The van der Waals surface area contributed by atoms with Gasteiger partial charge in [-0.25, -0.2) is 9.78 Å². The van der Waals surface area contributed by atoms with Gasteiger partial charge in [0.15, 0.2) is 10.9 Å². The Balaban J connectivity index is 1.61. The average molecular weight is 383 g/mol. The van der Waals surface area contributed by atoms with Crippen LogP contribution < -0.4 is 5.32 Å². The topological polar surface area (TPSA) is 90.0 Å². The molecule has 1 aromatic heterocycles. The highest BCUT2D eigenvalue weighted by atomic mass is 32.1. The van der Waals surface area contributed by atoms with E-state index in [1.54, 1.807) is 32.6 Å². The number of likely N-dealkylation sites (tertiary alicyclic amines) is 1. The summed E-state index contributed by atoms with van der Waals surface area (Å²) >= 11 is 1.16. The fourth-order valence-corrected chi connectivity index (χ4v) is 3.94. The molecule has 1 spiro atoms. The largest absolute Gasteiger partial charge is 0.444 e. The van der Waals surface area contributed by atoms with Crippen LogP contribution in [0.1, 0.15) is 49.0 Å². The molecular weight excluding hydrogens is 358 g/mol. The van der Waals surface area contributed by atoms with Gasteiger partial charge in [-0.15, -0.1) is 0 Å². The summed E-state index contributed by atoms with van der Waals surface area (Å²) in [5.74, 6) is -0.590. The summed E-state index contributed by atoms with van der Waals surface area (Å²) in [4.78, 5) is 31.3. The molecule has 2 aliphatic heterocycles. The van der Waals surface area contributed by atoms with Gasteiger partial charge in [-0.1, -0.05) is 11.3 Å². The molecule has 144 valence electrons. The van der Waals surface area contributed by atoms with Crippen molar-refractivity contribution < 1.29 is 23.8 Å². The van der Waals surface area contributed by atoms with Crippen molar-refractivity contribution in [1.82, 2.24) is 9.88 Å². The van der Waals surface area contributed by atoms with Gasteiger partial charge >= 0.3 is 6.09 Å². The maximum Gasteiger partial charge on any atom is 0.413 e. The molecule has 0 atom stereocenters. The minimum atomic E-state index is -0.594. The maximum atomic E-state index is 12.8. The van der Waals surface area contributed by atoms with Gasteiger partial charge in [0, 0.05) is 25.9 Å². The third kappa shape index (κ3) is 4.33. The number of nitrogens with one attached hydrogen (secondary N) is 1. The van der Waals surface area contributed by atoms with Crippen molar-refractivity contribution in [3.63, 3.8) is 0 Å². The van der Waals surface area contributed by atoms with Gasteiger partial charge in [0.05, 0.1) is 18.9 Å². The molecule has 2 saturated heterocycles. The zero-order valence-electron chi connectivity index (χ0n) is 15.6. The van der Waals surface area contributed by atoms with E-state index in [0.717, 1.165) is 11.3 Å². The van der Waals surface area contributed by atoms with Crippen LogP contribution in [0.15, 0.2) is 0 Å². The van der Waals surface area contributed by atoms with E-state index in [1.165, 1.54) is 0 Å². The van der Waals surface area contributed by atoms with E-state index < -0.39 is 17.5 Å². The van der Waals surface area contributed by atoms with Gasteiger partial charge < -0.3 is 19.1 Å². The van der Waals surface area contributed by atoms with Crippen molar-refractivity contribution in [3.05, 3.63) is 10.6 Å². The number of anilines is 1. The molecule has 2 fully saturated rings. The molecule has 26 heavy (non-hydrogen) atoms. The van der Waals surface area contributed by atoms with Crippen LogP contribution in [0, 0.1) is 6.92 Å². The van der Waals surface area contributed by atoms with E-state index in [0.29, 0.717) is 54.8 Å². The number of nitrogens with zero attached hydrogens (tertiary/aromatic N) is 2. The van der Waals surface area contributed by atoms with Crippen molar-refractivity contribution in [3.8, 4) is 0 Å². The van der Waals surface area contributed by atoms with Crippen molar-refractivity contribution in [2.45, 2.75) is 51.9 Å². The smallest absolute Gasteiger partial charge is 0.413 e. The molecule has 0 aromatic carbocycles. The van der Waals surface area contributed by atoms with Crippen LogP contribution in [0.25, 0.3) is 0 Å². The molecule has 8 nitrogen and oxygen atoms in total. The second-order valence-corrected chi connectivity index (χ2v) is 8.46. The molecule has 9 heteroatoms. The summed E-state index contributed by atoms with van der Waals surface area (Å²) in [6.07, 6.45) is 0.750. The van der Waals surface area contributed by atoms with Crippen molar-refractivity contribution in [2.24, 2.45) is 0 Å². The number of hydrogen-bond acceptors (Lipinski definition) is 7. The van der Waals surface area contributed by atoms with Gasteiger partial charge in [0.25, 0.3) is 5.91 Å². The van der Waals surface area contributed by atoms with Crippen LogP contribution in [0.5, 0.6) is 0 Å². The summed E-state index contributed by atoms with van der Waals surface area (Å²) in [5, 5.41) is 2.95. The summed E-state index contributed by atoms with van der Waals surface area (Å²) in [6, 6.07) is 0. The first-order chi connectivity index (χ1) is 12.2. The van der Waals surface area contributed by atoms with Crippen LogP contribution in [0.3, 0.4) is 0 Å². The lowest BCUT2D eigenvalue weighted by Gasteiger charge is -2.37. The van der Waals surface area contributed by atoms with Gasteiger partial charge in [-0.3, -0.25) is 10.1 Å². The average Bonchev–Trinajstić information content (AvgIpc) is 3.12. The van der Waals surface area contributed by atoms with E-state index in [4.69, 9.17) is 14.2 Å². The second kappa shape index (κ2) is 7.13. The van der Waals surface area contributed by atoms with Crippen molar-refractivity contribution >= 4 is 28.5 Å². The highest BCUT2D eigenvalue weighted by molar-refractivity contribution is 7.17. The lowest BCUT2D eigenvalue weighted by atomic mass is 10.0. The first-order valence-electron chi connectivity index (χ1n) is 8.72. The number of piperidine rings is 1. The Morgan fingerprint density at radius 1 is 1.23 bits per heavy atom. The fourth-order valence-electron chi connectivity index (χ4n) is 3.02. The minimum Gasteiger partial charge on any atom is -0.444 e. The Bertz CT molecular complexity index is 681. The number of rotatable bonds is 2. The molecule has 3 rings (SSSR count). The van der Waals surface area contributed by atoms with Gasteiger partial charge in [0.1, 0.15) is 10.5 Å². The molecule has 2 amide bonds. The number of ether oxygens (including phenoxy) is 3. The van der Waals surface area contributed by atoms with Crippen LogP contribution in [-0.2, 0) is 14.2 Å². The lowest BCUT2D eigenvalue weighted by Crippen LogP contribution is -2.47. The molecule has 1 aromatic rings. The Hall–Kier alpha value is -1.71. The second-order valence-electron chi connectivity index (χ2n) is 7.46. The van der Waals surface area contributed by atoms with E-state index in [9.17, 15) is 9.59 Å². The van der Waals surface area contributed by atoms with Crippen LogP contribution >= 0.6 is 11.3 Å². The molecule has 3 heterocycles. The summed E-state index contributed by atoms with van der Waals surface area (Å²) in [5.41, 5.74) is 0.00288. The zero-order valence-corrected chi connectivity index (χ0v) is 16.4. The molecule has 0 bridgehead atoms. The Kier molecular flexibility index (Phi) is 5.23. The van der Waals surface area contributed by atoms with Gasteiger partial charge in [-0.2, -0.15) is 0 Å². The predicted molar refractivity (Wildman–Crippen MR) is 96.5 cm³/mol. The maximum absolute atomic E-state index is 12.8. The van der Waals surface area contributed by atoms with E-state index in [1.807, 2.05) is 0 Å². The molecule has 2 aliphatic rings. The number of carbonyl (C=O) groups excluding carboxylic acids is 2. The lowest BCUT2D eigenvalue weighted by molar-refractivity contribution is -0.181. The number of hydrogen-bond donors (Lipinski definition) is 1. The number of thiazole rings is 1. The first-order valence-corrected chi connectivity index (χ1v) is 9.54. The van der Waals surface area contributed by atoms with E-state index >= 15 is 0 Å². The van der Waals surface area contributed by atoms with Crippen LogP contribution in [-0.4, -0.2) is 59.6 Å². The molecule has 0 saturated carbocycles. The summed E-state index contributed by atoms with van der Waals surface area (Å²) in [7, 11) is 0. The Morgan fingerprint density at radius 2 is 1.85 bits per heavy atom. The Morgan fingerprint density at radius 3 is 2.42 bits per heavy atom. The molecule has 0 aliphatic carbocycles. The van der Waals surface area contributed by atoms with Gasteiger partial charge in [0.2, 0.25) is 0 Å². The number of amides is 2. The monoisotopic (exact) mass is 383 g/mol. The number of aromatic nitrogens is 1. The predicted octanol–water partition coefficient (Wildman–Crippen LogP) is 2.78. The molecular formula is C17H25N3O5S. The standard InChI is InChI=1S/C17H25N3O5S/c1-11-12(26-14(18-11)19-15(22)25-16(2,3)4)13(21)20-7-5-17(6-8-20)23-9-10-24-17/h5-10H2,1-4H3,(H,18,19,22). The van der Waals surface area contributed by atoms with Crippen molar-refractivity contribution in [2.75, 3.05) is 31.6 Å². The van der Waals surface area contributed by atoms with Crippen molar-refractivity contribution in [1.29, 1.82) is 0 Å². The highest BCUT2D eigenvalue weighted by Gasteiger charge is 2.41. The summed E-state index contributed by atoms with van der Waals surface area (Å²) in [6.45, 7) is 9.50. The molecule has 0 unspecified atom stereocenters. The minimum absolute atomic E-state index is 0.0786. The quantitative estimate of drug-likeness (QED) is 0.845. The molecule has 1 N–H and O–H groups in total. The highest BCUT2D eigenvalue weighted by Crippen LogP contribution is 2.33. The third-order valence-electron chi connectivity index (χ3n) is 4.22. The Labute approximate surface area is 156 Å². The molecule has 0 radical (unpaired) electrons. The normalized spacial score (nSPS) is 19.6. The SMILES string of the molecule is Cc1nc(NC(=O)OC(C)(C)C)sc1C(=O)N1CCC2(CC1)OCCO2. The fraction of sp³-hybridized carbons (Fsp3) is 0.706.